The van der Waals surface area contributed by atoms with Crippen LogP contribution in [0.4, 0.5) is 5.69 Å². The first-order valence-electron chi connectivity index (χ1n) is 6.31. The normalized spacial score (nSPS) is 19.7. The van der Waals surface area contributed by atoms with Crippen LogP contribution in [0, 0.1) is 6.92 Å². The van der Waals surface area contributed by atoms with Gasteiger partial charge in [-0.3, -0.25) is 4.79 Å². The highest BCUT2D eigenvalue weighted by Gasteiger charge is 2.22. The summed E-state index contributed by atoms with van der Waals surface area (Å²) in [6.45, 7) is 4.81. The van der Waals surface area contributed by atoms with Gasteiger partial charge in [0.15, 0.2) is 0 Å². The van der Waals surface area contributed by atoms with Crippen molar-refractivity contribution in [2.75, 3.05) is 31.6 Å². The fourth-order valence-electron chi connectivity index (χ4n) is 2.31. The Balaban J connectivity index is 2.00. The van der Waals surface area contributed by atoms with E-state index in [0.717, 1.165) is 19.6 Å². The predicted octanol–water partition coefficient (Wildman–Crippen LogP) is 1.34. The molecule has 4 heteroatoms. The lowest BCUT2D eigenvalue weighted by atomic mass is 10.1. The molecule has 1 atom stereocenters. The van der Waals surface area contributed by atoms with E-state index in [1.807, 2.05) is 0 Å². The molecule has 2 rings (SSSR count). The molecule has 0 aromatic heterocycles. The van der Waals surface area contributed by atoms with Crippen LogP contribution in [0.3, 0.4) is 0 Å². The zero-order valence-electron chi connectivity index (χ0n) is 11.0. The number of anilines is 1. The van der Waals surface area contributed by atoms with Crippen LogP contribution in [0.5, 0.6) is 0 Å². The quantitative estimate of drug-likeness (QED) is 0.820. The molecule has 98 valence electrons. The molecule has 0 aliphatic carbocycles. The Morgan fingerprint density at radius 3 is 3.11 bits per heavy atom. The van der Waals surface area contributed by atoms with E-state index in [4.69, 9.17) is 4.74 Å². The van der Waals surface area contributed by atoms with Crippen molar-refractivity contribution >= 4 is 11.7 Å². The molecule has 0 saturated carbocycles. The molecule has 1 N–H and O–H groups in total. The number of nitrogens with zero attached hydrogens (tertiary/aromatic N) is 1. The molecule has 4 nitrogen and oxygen atoms in total. The van der Waals surface area contributed by atoms with E-state index in [0.29, 0.717) is 6.42 Å². The van der Waals surface area contributed by atoms with Crippen LogP contribution in [-0.2, 0) is 9.53 Å². The summed E-state index contributed by atoms with van der Waals surface area (Å²) in [5.41, 5.74) is 2.49. The Morgan fingerprint density at radius 1 is 1.56 bits per heavy atom. The highest BCUT2D eigenvalue weighted by atomic mass is 16.5. The second kappa shape index (κ2) is 5.87. The van der Waals surface area contributed by atoms with Gasteiger partial charge < -0.3 is 15.0 Å². The molecule has 1 aromatic carbocycles. The van der Waals surface area contributed by atoms with Gasteiger partial charge in [-0.05, 0) is 24.6 Å². The van der Waals surface area contributed by atoms with Gasteiger partial charge in [0.05, 0.1) is 13.5 Å². The van der Waals surface area contributed by atoms with Gasteiger partial charge >= 0.3 is 5.97 Å². The van der Waals surface area contributed by atoms with Gasteiger partial charge in [0.2, 0.25) is 0 Å². The Bertz CT molecular complexity index is 420. The van der Waals surface area contributed by atoms with Crippen LogP contribution >= 0.6 is 0 Å². The fourth-order valence-corrected chi connectivity index (χ4v) is 2.31. The molecule has 1 saturated heterocycles. The number of methoxy groups -OCH3 is 1. The summed E-state index contributed by atoms with van der Waals surface area (Å²) in [4.78, 5) is 13.6. The molecule has 1 aliphatic heterocycles. The van der Waals surface area contributed by atoms with E-state index < -0.39 is 0 Å². The zero-order valence-corrected chi connectivity index (χ0v) is 11.0. The molecule has 1 aromatic rings. The fraction of sp³-hybridized carbons (Fsp3) is 0.500. The van der Waals surface area contributed by atoms with Crippen LogP contribution in [0.1, 0.15) is 12.0 Å². The number of carbonyl (C=O) groups excluding carboxylic acids is 1. The van der Waals surface area contributed by atoms with Crippen molar-refractivity contribution < 1.29 is 9.53 Å². The number of esters is 1. The molecule has 0 spiro atoms. The van der Waals surface area contributed by atoms with E-state index in [1.54, 1.807) is 0 Å². The lowest BCUT2D eigenvalue weighted by Crippen LogP contribution is -2.51. The predicted molar refractivity (Wildman–Crippen MR) is 71.8 cm³/mol. The maximum absolute atomic E-state index is 11.3. The second-order valence-electron chi connectivity index (χ2n) is 4.72. The van der Waals surface area contributed by atoms with E-state index >= 15 is 0 Å². The molecular weight excluding hydrogens is 228 g/mol. The van der Waals surface area contributed by atoms with E-state index in [9.17, 15) is 4.79 Å². The third kappa shape index (κ3) is 3.23. The summed E-state index contributed by atoms with van der Waals surface area (Å²) < 4.78 is 4.72. The van der Waals surface area contributed by atoms with Crippen molar-refractivity contribution in [2.24, 2.45) is 0 Å². The van der Waals surface area contributed by atoms with Gasteiger partial charge in [0.1, 0.15) is 0 Å². The molecule has 0 radical (unpaired) electrons. The minimum Gasteiger partial charge on any atom is -0.469 e. The standard InChI is InChI=1S/C14H20N2O2/c1-11-4-3-5-13(8-11)16-7-6-15-12(10-16)9-14(17)18-2/h3-5,8,12,15H,6-7,9-10H2,1-2H3. The van der Waals surface area contributed by atoms with Gasteiger partial charge in [0.25, 0.3) is 0 Å². The number of rotatable bonds is 3. The van der Waals surface area contributed by atoms with Crippen LogP contribution in [0.25, 0.3) is 0 Å². The molecule has 1 aliphatic rings. The van der Waals surface area contributed by atoms with Crippen molar-refractivity contribution in [1.29, 1.82) is 0 Å². The molecule has 0 amide bonds. The molecular formula is C14H20N2O2. The maximum Gasteiger partial charge on any atom is 0.307 e. The van der Waals surface area contributed by atoms with Gasteiger partial charge in [-0.15, -0.1) is 0 Å². The van der Waals surface area contributed by atoms with Crippen molar-refractivity contribution in [3.63, 3.8) is 0 Å². The van der Waals surface area contributed by atoms with Gasteiger partial charge in [0, 0.05) is 31.4 Å². The minimum atomic E-state index is -0.154. The average molecular weight is 248 g/mol. The largest absolute Gasteiger partial charge is 0.469 e. The SMILES string of the molecule is COC(=O)CC1CN(c2cccc(C)c2)CCN1. The number of hydrogen-bond donors (Lipinski definition) is 1. The number of piperazine rings is 1. The second-order valence-corrected chi connectivity index (χ2v) is 4.72. The first kappa shape index (κ1) is 12.9. The number of aryl methyl sites for hydroxylation is 1. The van der Waals surface area contributed by atoms with Crippen molar-refractivity contribution in [2.45, 2.75) is 19.4 Å². The molecule has 0 bridgehead atoms. The summed E-state index contributed by atoms with van der Waals surface area (Å²) in [6, 6.07) is 8.64. The molecule has 18 heavy (non-hydrogen) atoms. The smallest absolute Gasteiger partial charge is 0.307 e. The zero-order chi connectivity index (χ0) is 13.0. The number of nitrogens with one attached hydrogen (secondary N) is 1. The van der Waals surface area contributed by atoms with Crippen LogP contribution < -0.4 is 10.2 Å². The third-order valence-electron chi connectivity index (χ3n) is 3.26. The van der Waals surface area contributed by atoms with Gasteiger partial charge in [-0.1, -0.05) is 12.1 Å². The maximum atomic E-state index is 11.3. The first-order valence-corrected chi connectivity index (χ1v) is 6.31. The monoisotopic (exact) mass is 248 g/mol. The van der Waals surface area contributed by atoms with Crippen LogP contribution in [-0.4, -0.2) is 38.8 Å². The summed E-state index contributed by atoms with van der Waals surface area (Å²) in [7, 11) is 1.43. The molecule has 1 fully saturated rings. The summed E-state index contributed by atoms with van der Waals surface area (Å²) >= 11 is 0. The number of hydrogen-bond acceptors (Lipinski definition) is 4. The summed E-state index contributed by atoms with van der Waals surface area (Å²) in [6.07, 6.45) is 0.429. The highest BCUT2D eigenvalue weighted by Crippen LogP contribution is 2.18. The number of benzene rings is 1. The van der Waals surface area contributed by atoms with E-state index in [-0.39, 0.29) is 12.0 Å². The topological polar surface area (TPSA) is 41.6 Å². The third-order valence-corrected chi connectivity index (χ3v) is 3.26. The van der Waals surface area contributed by atoms with Gasteiger partial charge in [-0.2, -0.15) is 0 Å². The van der Waals surface area contributed by atoms with Crippen molar-refractivity contribution in [3.05, 3.63) is 29.8 Å². The van der Waals surface area contributed by atoms with Crippen molar-refractivity contribution in [3.8, 4) is 0 Å². The minimum absolute atomic E-state index is 0.154. The lowest BCUT2D eigenvalue weighted by Gasteiger charge is -2.35. The average Bonchev–Trinajstić information content (AvgIpc) is 2.39. The van der Waals surface area contributed by atoms with E-state index in [1.165, 1.54) is 18.4 Å². The number of ether oxygens (including phenoxy) is 1. The highest BCUT2D eigenvalue weighted by molar-refractivity contribution is 5.70. The Morgan fingerprint density at radius 2 is 2.39 bits per heavy atom. The van der Waals surface area contributed by atoms with Gasteiger partial charge in [-0.25, -0.2) is 0 Å². The first-order chi connectivity index (χ1) is 8.69. The summed E-state index contributed by atoms with van der Waals surface area (Å²) in [5, 5.41) is 3.36. The Kier molecular flexibility index (Phi) is 4.20. The van der Waals surface area contributed by atoms with Crippen LogP contribution in [0.15, 0.2) is 24.3 Å². The van der Waals surface area contributed by atoms with Crippen LogP contribution in [0.2, 0.25) is 0 Å². The Labute approximate surface area is 108 Å². The summed E-state index contributed by atoms with van der Waals surface area (Å²) in [5.74, 6) is -0.154. The van der Waals surface area contributed by atoms with E-state index in [2.05, 4.69) is 41.4 Å². The van der Waals surface area contributed by atoms with Crippen molar-refractivity contribution in [1.82, 2.24) is 5.32 Å². The molecule has 1 unspecified atom stereocenters. The molecule has 1 heterocycles. The number of carbonyl (C=O) groups is 1. The lowest BCUT2D eigenvalue weighted by molar-refractivity contribution is -0.141. The Hall–Kier alpha value is -1.55.